The fourth-order valence-electron chi connectivity index (χ4n) is 2.24. The number of nitrogens with zero attached hydrogens (tertiary/aromatic N) is 1. The molecule has 2 N–H and O–H groups in total. The molecule has 0 atom stereocenters. The van der Waals surface area contributed by atoms with Crippen LogP contribution in [-0.2, 0) is 20.7 Å². The lowest BCUT2D eigenvalue weighted by molar-refractivity contribution is -0.127. The highest BCUT2D eigenvalue weighted by molar-refractivity contribution is 6.07. The maximum atomic E-state index is 12.1. The first-order valence-corrected chi connectivity index (χ1v) is 8.55. The number of anilines is 1. The highest BCUT2D eigenvalue weighted by Gasteiger charge is 2.13. The normalized spacial score (nSPS) is 10.5. The van der Waals surface area contributed by atoms with Crippen LogP contribution in [0.3, 0.4) is 0 Å². The van der Waals surface area contributed by atoms with Crippen LogP contribution in [0.4, 0.5) is 5.69 Å². The van der Waals surface area contributed by atoms with E-state index in [0.717, 1.165) is 5.56 Å². The van der Waals surface area contributed by atoms with Crippen molar-refractivity contribution in [3.8, 4) is 6.07 Å². The van der Waals surface area contributed by atoms with Crippen LogP contribution in [0.5, 0.6) is 0 Å². The van der Waals surface area contributed by atoms with E-state index in [1.807, 2.05) is 6.07 Å². The number of nitriles is 1. The van der Waals surface area contributed by atoms with Crippen molar-refractivity contribution in [2.45, 2.75) is 13.3 Å². The summed E-state index contributed by atoms with van der Waals surface area (Å²) < 4.78 is 4.90. The molecule has 142 valence electrons. The summed E-state index contributed by atoms with van der Waals surface area (Å²) >= 11 is 0. The third-order valence-electron chi connectivity index (χ3n) is 3.60. The van der Waals surface area contributed by atoms with E-state index in [1.165, 1.54) is 6.20 Å². The molecule has 0 bridgehead atoms. The minimum Gasteiger partial charge on any atom is -0.462 e. The smallest absolute Gasteiger partial charge is 0.338 e. The standard InChI is InChI=1S/C21H19N3O4/c1-2-28-21(27)16-8-10-18(11-9-16)23-14-17(13-22)20(26)24-19(25)12-15-6-4-3-5-7-15/h3-11,14,23H,2,12H2,1H3,(H,24,25,26). The quantitative estimate of drug-likeness (QED) is 0.436. The molecule has 0 spiro atoms. The highest BCUT2D eigenvalue weighted by Crippen LogP contribution is 2.11. The van der Waals surface area contributed by atoms with Crippen LogP contribution < -0.4 is 10.6 Å². The number of ether oxygens (including phenoxy) is 1. The van der Waals surface area contributed by atoms with Crippen LogP contribution >= 0.6 is 0 Å². The minimum absolute atomic E-state index is 0.0358. The second-order valence-corrected chi connectivity index (χ2v) is 5.65. The Labute approximate surface area is 162 Å². The van der Waals surface area contributed by atoms with E-state index in [0.29, 0.717) is 11.3 Å². The molecule has 0 aromatic heterocycles. The first kappa shape index (κ1) is 20.4. The number of rotatable bonds is 7. The maximum Gasteiger partial charge on any atom is 0.338 e. The lowest BCUT2D eigenvalue weighted by atomic mass is 10.1. The van der Waals surface area contributed by atoms with Crippen molar-refractivity contribution >= 4 is 23.5 Å². The fourth-order valence-corrected chi connectivity index (χ4v) is 2.24. The molecule has 7 heteroatoms. The van der Waals surface area contributed by atoms with E-state index in [2.05, 4.69) is 10.6 Å². The summed E-state index contributed by atoms with van der Waals surface area (Å²) in [6, 6.07) is 17.0. The number of nitrogens with one attached hydrogen (secondary N) is 2. The third-order valence-corrected chi connectivity index (χ3v) is 3.60. The summed E-state index contributed by atoms with van der Waals surface area (Å²) in [6.45, 7) is 2.00. The molecule has 28 heavy (non-hydrogen) atoms. The second kappa shape index (κ2) is 10.3. The Kier molecular flexibility index (Phi) is 7.49. The monoisotopic (exact) mass is 377 g/mol. The summed E-state index contributed by atoms with van der Waals surface area (Å²) in [5.74, 6) is -1.73. The van der Waals surface area contributed by atoms with Gasteiger partial charge in [-0.15, -0.1) is 0 Å². The predicted molar refractivity (Wildman–Crippen MR) is 103 cm³/mol. The Morgan fingerprint density at radius 3 is 2.36 bits per heavy atom. The molecule has 0 heterocycles. The van der Waals surface area contributed by atoms with Gasteiger partial charge in [0.2, 0.25) is 5.91 Å². The van der Waals surface area contributed by atoms with E-state index in [4.69, 9.17) is 10.00 Å². The van der Waals surface area contributed by atoms with Gasteiger partial charge in [0.15, 0.2) is 0 Å². The molecule has 0 saturated heterocycles. The third kappa shape index (κ3) is 6.11. The summed E-state index contributed by atoms with van der Waals surface area (Å²) in [4.78, 5) is 35.6. The van der Waals surface area contributed by atoms with Crippen molar-refractivity contribution in [3.05, 3.63) is 77.5 Å². The molecule has 2 rings (SSSR count). The minimum atomic E-state index is -0.793. The number of esters is 1. The SMILES string of the molecule is CCOC(=O)c1ccc(NC=C(C#N)C(=O)NC(=O)Cc2ccccc2)cc1. The van der Waals surface area contributed by atoms with Crippen molar-refractivity contribution in [2.75, 3.05) is 11.9 Å². The zero-order chi connectivity index (χ0) is 20.4. The van der Waals surface area contributed by atoms with Crippen molar-refractivity contribution in [1.29, 1.82) is 5.26 Å². The average molecular weight is 377 g/mol. The number of hydrogen-bond donors (Lipinski definition) is 2. The van der Waals surface area contributed by atoms with E-state index in [1.54, 1.807) is 61.5 Å². The van der Waals surface area contributed by atoms with Crippen molar-refractivity contribution in [3.63, 3.8) is 0 Å². The molecule has 0 unspecified atom stereocenters. The summed E-state index contributed by atoms with van der Waals surface area (Å²) in [5.41, 5.74) is 1.45. The van der Waals surface area contributed by atoms with E-state index < -0.39 is 17.8 Å². The Balaban J connectivity index is 1.95. The van der Waals surface area contributed by atoms with Gasteiger partial charge < -0.3 is 10.1 Å². The number of hydrogen-bond acceptors (Lipinski definition) is 6. The molecule has 0 aliphatic heterocycles. The molecule has 2 amide bonds. The number of carbonyl (C=O) groups excluding carboxylic acids is 3. The fraction of sp³-hybridized carbons (Fsp3) is 0.143. The molecular formula is C21H19N3O4. The Morgan fingerprint density at radius 2 is 1.75 bits per heavy atom. The van der Waals surface area contributed by atoms with Crippen molar-refractivity contribution in [1.82, 2.24) is 5.32 Å². The molecule has 0 radical (unpaired) electrons. The van der Waals surface area contributed by atoms with Crippen LogP contribution in [0.1, 0.15) is 22.8 Å². The summed E-state index contributed by atoms with van der Waals surface area (Å²) in [6.07, 6.45) is 1.23. The molecule has 0 saturated carbocycles. The van der Waals surface area contributed by atoms with Crippen LogP contribution in [0.2, 0.25) is 0 Å². The average Bonchev–Trinajstić information content (AvgIpc) is 2.69. The van der Waals surface area contributed by atoms with Gasteiger partial charge in [-0.05, 0) is 36.8 Å². The highest BCUT2D eigenvalue weighted by atomic mass is 16.5. The van der Waals surface area contributed by atoms with Crippen LogP contribution in [0, 0.1) is 11.3 Å². The first-order chi connectivity index (χ1) is 13.5. The van der Waals surface area contributed by atoms with Gasteiger partial charge in [-0.2, -0.15) is 5.26 Å². The molecule has 2 aromatic rings. The lowest BCUT2D eigenvalue weighted by Gasteiger charge is -2.06. The number of amides is 2. The Bertz CT molecular complexity index is 913. The van der Waals surface area contributed by atoms with Crippen LogP contribution in [-0.4, -0.2) is 24.4 Å². The van der Waals surface area contributed by atoms with Crippen LogP contribution in [0.15, 0.2) is 66.4 Å². The first-order valence-electron chi connectivity index (χ1n) is 8.55. The van der Waals surface area contributed by atoms with Gasteiger partial charge in [-0.25, -0.2) is 4.79 Å². The number of carbonyl (C=O) groups is 3. The zero-order valence-electron chi connectivity index (χ0n) is 15.3. The number of benzene rings is 2. The predicted octanol–water partition coefficient (Wildman–Crippen LogP) is 2.57. The van der Waals surface area contributed by atoms with Crippen LogP contribution in [0.25, 0.3) is 0 Å². The topological polar surface area (TPSA) is 108 Å². The van der Waals surface area contributed by atoms with Gasteiger partial charge in [0.1, 0.15) is 11.6 Å². The van der Waals surface area contributed by atoms with Gasteiger partial charge in [0.05, 0.1) is 18.6 Å². The molecule has 2 aromatic carbocycles. The van der Waals surface area contributed by atoms with Gasteiger partial charge in [-0.1, -0.05) is 30.3 Å². The van der Waals surface area contributed by atoms with E-state index in [9.17, 15) is 14.4 Å². The van der Waals surface area contributed by atoms with Crippen molar-refractivity contribution in [2.24, 2.45) is 0 Å². The molecule has 0 aliphatic rings. The maximum absolute atomic E-state index is 12.1. The molecule has 7 nitrogen and oxygen atoms in total. The molecular weight excluding hydrogens is 358 g/mol. The zero-order valence-corrected chi connectivity index (χ0v) is 15.3. The van der Waals surface area contributed by atoms with Crippen molar-refractivity contribution < 1.29 is 19.1 Å². The van der Waals surface area contributed by atoms with Gasteiger partial charge in [0.25, 0.3) is 5.91 Å². The Morgan fingerprint density at radius 1 is 1.07 bits per heavy atom. The van der Waals surface area contributed by atoms with Gasteiger partial charge in [0, 0.05) is 11.9 Å². The van der Waals surface area contributed by atoms with E-state index in [-0.39, 0.29) is 18.6 Å². The second-order valence-electron chi connectivity index (χ2n) is 5.65. The van der Waals surface area contributed by atoms with Gasteiger partial charge in [-0.3, -0.25) is 14.9 Å². The molecule has 0 aliphatic carbocycles. The Hall–Kier alpha value is -3.92. The summed E-state index contributed by atoms with van der Waals surface area (Å²) in [7, 11) is 0. The van der Waals surface area contributed by atoms with E-state index >= 15 is 0 Å². The summed E-state index contributed by atoms with van der Waals surface area (Å²) in [5, 5.41) is 14.1. The lowest BCUT2D eigenvalue weighted by Crippen LogP contribution is -2.32. The number of imide groups is 1. The largest absolute Gasteiger partial charge is 0.462 e. The molecule has 0 fully saturated rings. The van der Waals surface area contributed by atoms with Gasteiger partial charge >= 0.3 is 5.97 Å².